The van der Waals surface area contributed by atoms with E-state index in [-0.39, 0.29) is 5.91 Å². The van der Waals surface area contributed by atoms with Crippen molar-refractivity contribution in [3.63, 3.8) is 0 Å². The minimum absolute atomic E-state index is 0.182. The molecule has 3 rings (SSSR count). The Kier molecular flexibility index (Phi) is 5.95. The molecule has 9 heteroatoms. The Morgan fingerprint density at radius 3 is 2.29 bits per heavy atom. The van der Waals surface area contributed by atoms with Crippen molar-refractivity contribution in [1.29, 1.82) is 0 Å². The van der Waals surface area contributed by atoms with Gasteiger partial charge in [0.25, 0.3) is 0 Å². The molecular formula is C19H20NO6S2+. The van der Waals surface area contributed by atoms with Gasteiger partial charge in [0.05, 0.1) is 27.9 Å². The largest absolute Gasteiger partial charge is 0.493 e. The van der Waals surface area contributed by atoms with Crippen LogP contribution in [0.2, 0.25) is 0 Å². The second kappa shape index (κ2) is 8.24. The van der Waals surface area contributed by atoms with Crippen LogP contribution in [0.4, 0.5) is 0 Å². The topological polar surface area (TPSA) is 74.9 Å². The Bertz CT molecular complexity index is 954. The van der Waals surface area contributed by atoms with E-state index in [0.29, 0.717) is 39.3 Å². The summed E-state index contributed by atoms with van der Waals surface area (Å²) >= 11 is 2.58. The average molecular weight is 423 g/mol. The summed E-state index contributed by atoms with van der Waals surface area (Å²) < 4.78 is 23.4. The van der Waals surface area contributed by atoms with Gasteiger partial charge in [-0.1, -0.05) is 0 Å². The molecular weight excluding hydrogens is 402 g/mol. The molecule has 0 fully saturated rings. The Morgan fingerprint density at radius 1 is 1.14 bits per heavy atom. The zero-order chi connectivity index (χ0) is 20.4. The fourth-order valence-corrected chi connectivity index (χ4v) is 5.23. The molecule has 2 heterocycles. The van der Waals surface area contributed by atoms with Crippen molar-refractivity contribution >= 4 is 41.1 Å². The third kappa shape index (κ3) is 3.47. The maximum Gasteiger partial charge on any atom is 0.433 e. The molecule has 0 spiro atoms. The number of fused-ring (bicyclic) bond motifs is 1. The fraction of sp³-hybridized carbons (Fsp3) is 0.316. The Labute approximate surface area is 170 Å². The van der Waals surface area contributed by atoms with Gasteiger partial charge in [0.15, 0.2) is 16.4 Å². The number of carbonyl (C=O) groups is 2. The Hall–Kier alpha value is -2.52. The van der Waals surface area contributed by atoms with Crippen molar-refractivity contribution < 1.29 is 33.1 Å². The first-order chi connectivity index (χ1) is 13.4. The van der Waals surface area contributed by atoms with Crippen LogP contribution in [0.5, 0.6) is 17.2 Å². The lowest BCUT2D eigenvalue weighted by Crippen LogP contribution is -2.41. The number of allylic oxidation sites excluding steroid dienone is 1. The van der Waals surface area contributed by atoms with E-state index in [1.165, 1.54) is 44.4 Å². The number of nitrogens with zero attached hydrogens (tertiary/aromatic N) is 1. The van der Waals surface area contributed by atoms with Crippen LogP contribution >= 0.6 is 23.1 Å². The lowest BCUT2D eigenvalue weighted by molar-refractivity contribution is -0.606. The van der Waals surface area contributed by atoms with Crippen LogP contribution < -0.4 is 18.8 Å². The minimum atomic E-state index is -0.407. The smallest absolute Gasteiger partial charge is 0.433 e. The Morgan fingerprint density at radius 2 is 1.79 bits per heavy atom. The zero-order valence-electron chi connectivity index (χ0n) is 16.2. The van der Waals surface area contributed by atoms with Gasteiger partial charge in [-0.25, -0.2) is 9.59 Å². The van der Waals surface area contributed by atoms with E-state index in [1.807, 2.05) is 0 Å². The van der Waals surface area contributed by atoms with Crippen molar-refractivity contribution in [2.24, 2.45) is 0 Å². The summed E-state index contributed by atoms with van der Waals surface area (Å²) in [6, 6.07) is 3.55. The second-order valence-corrected chi connectivity index (χ2v) is 8.00. The first-order valence-corrected chi connectivity index (χ1v) is 10.0. The van der Waals surface area contributed by atoms with E-state index in [1.54, 1.807) is 36.6 Å². The number of aromatic nitrogens is 1. The summed E-state index contributed by atoms with van der Waals surface area (Å²) in [5.74, 6) is 0.911. The molecule has 28 heavy (non-hydrogen) atoms. The van der Waals surface area contributed by atoms with E-state index < -0.39 is 5.97 Å². The molecule has 0 bridgehead atoms. The van der Waals surface area contributed by atoms with E-state index >= 15 is 0 Å². The van der Waals surface area contributed by atoms with Gasteiger partial charge in [0, 0.05) is 18.7 Å². The van der Waals surface area contributed by atoms with Gasteiger partial charge in [-0.15, -0.1) is 4.57 Å². The van der Waals surface area contributed by atoms with Crippen molar-refractivity contribution in [3.05, 3.63) is 33.2 Å². The first-order valence-electron chi connectivity index (χ1n) is 8.41. The van der Waals surface area contributed by atoms with E-state index in [2.05, 4.69) is 0 Å². The number of methoxy groups -OCH3 is 3. The first kappa shape index (κ1) is 20.2. The van der Waals surface area contributed by atoms with Crippen LogP contribution in [0, 0.1) is 6.92 Å². The van der Waals surface area contributed by atoms with Gasteiger partial charge in [-0.2, -0.15) is 0 Å². The van der Waals surface area contributed by atoms with Crippen LogP contribution in [0.1, 0.15) is 32.6 Å². The molecule has 1 aromatic carbocycles. The molecule has 2 aromatic rings. The molecule has 148 valence electrons. The molecule has 0 saturated carbocycles. The summed E-state index contributed by atoms with van der Waals surface area (Å²) in [5.41, 5.74) is 1.33. The number of thioether (sulfide) groups is 1. The van der Waals surface area contributed by atoms with Crippen molar-refractivity contribution in [2.45, 2.75) is 18.2 Å². The number of hydrogen-bond acceptors (Lipinski definition) is 8. The maximum absolute atomic E-state index is 12.9. The number of benzene rings is 1. The summed E-state index contributed by atoms with van der Waals surface area (Å²) in [7, 11) is 4.61. The fourth-order valence-electron chi connectivity index (χ4n) is 2.81. The third-order valence-corrected chi connectivity index (χ3v) is 6.49. The zero-order valence-corrected chi connectivity index (χ0v) is 17.8. The molecule has 0 saturated heterocycles. The summed E-state index contributed by atoms with van der Waals surface area (Å²) in [4.78, 5) is 25.9. The van der Waals surface area contributed by atoms with Crippen LogP contribution in [-0.4, -0.2) is 39.8 Å². The molecule has 7 nitrogen and oxygen atoms in total. The number of hydrogen-bond donors (Lipinski definition) is 0. The van der Waals surface area contributed by atoms with Crippen molar-refractivity contribution in [1.82, 2.24) is 0 Å². The minimum Gasteiger partial charge on any atom is -0.493 e. The maximum atomic E-state index is 12.9. The van der Waals surface area contributed by atoms with Gasteiger partial charge in [-0.3, -0.25) is 0 Å². The lowest BCUT2D eigenvalue weighted by atomic mass is 10.1. The van der Waals surface area contributed by atoms with Gasteiger partial charge >= 0.3 is 16.2 Å². The quantitative estimate of drug-likeness (QED) is 0.402. The van der Waals surface area contributed by atoms with E-state index in [9.17, 15) is 9.59 Å². The molecule has 0 atom stereocenters. The van der Waals surface area contributed by atoms with Crippen molar-refractivity contribution in [3.8, 4) is 17.2 Å². The molecule has 0 unspecified atom stereocenters. The number of thiazole rings is 1. The second-order valence-electron chi connectivity index (χ2n) is 5.71. The normalized spacial score (nSPS) is 14.2. The van der Waals surface area contributed by atoms with Crippen LogP contribution in [0.3, 0.4) is 0 Å². The molecule has 0 amide bonds. The Balaban J connectivity index is 1.97. The van der Waals surface area contributed by atoms with E-state index in [4.69, 9.17) is 18.9 Å². The highest BCUT2D eigenvalue weighted by Gasteiger charge is 2.43. The summed E-state index contributed by atoms with van der Waals surface area (Å²) in [6.45, 7) is 3.78. The van der Waals surface area contributed by atoms with Gasteiger partial charge in [0.2, 0.25) is 11.4 Å². The highest BCUT2D eigenvalue weighted by molar-refractivity contribution is 8.05. The molecule has 0 N–H and O–H groups in total. The molecule has 1 aliphatic heterocycles. The van der Waals surface area contributed by atoms with Gasteiger partial charge < -0.3 is 18.9 Å². The number of esters is 1. The molecule has 1 aliphatic rings. The number of carbonyl (C=O) groups excluding carboxylic acids is 2. The van der Waals surface area contributed by atoms with E-state index in [0.717, 1.165) is 9.90 Å². The lowest BCUT2D eigenvalue weighted by Gasteiger charge is -2.12. The van der Waals surface area contributed by atoms with Gasteiger partial charge in [0.1, 0.15) is 4.91 Å². The molecule has 1 aromatic heterocycles. The van der Waals surface area contributed by atoms with Crippen LogP contribution in [-0.2, 0) is 4.74 Å². The highest BCUT2D eigenvalue weighted by Crippen LogP contribution is 2.41. The number of ether oxygens (including phenoxy) is 4. The molecule has 0 radical (unpaired) electrons. The van der Waals surface area contributed by atoms with Crippen LogP contribution in [0.25, 0.3) is 6.08 Å². The van der Waals surface area contributed by atoms with Crippen LogP contribution in [0.15, 0.2) is 21.4 Å². The average Bonchev–Trinajstić information content (AvgIpc) is 3.17. The predicted molar refractivity (Wildman–Crippen MR) is 106 cm³/mol. The van der Waals surface area contributed by atoms with Crippen molar-refractivity contribution in [2.75, 3.05) is 27.9 Å². The number of rotatable bonds is 6. The van der Waals surface area contributed by atoms with Gasteiger partial charge in [-0.05, 0) is 42.0 Å². The monoisotopic (exact) mass is 422 g/mol. The standard InChI is InChI=1S/C19H20NO6S2/c1-6-26-18(22)16-10(2)20-17(21)14(27-19(20)28-16)9-11-7-12(23-3)15(25-5)13(8-11)24-4/h7-9H,6H2,1-5H3/q+1. The SMILES string of the molecule is CCOC(=O)c1sc2[n+](c1C)C(=O)C(=Cc1cc(OC)c(OC)c(OC)c1)S2. The highest BCUT2D eigenvalue weighted by atomic mass is 32.2. The predicted octanol–water partition coefficient (Wildman–Crippen LogP) is 3.33. The summed E-state index contributed by atoms with van der Waals surface area (Å²) in [6.07, 6.45) is 1.76. The summed E-state index contributed by atoms with van der Waals surface area (Å²) in [5, 5.41) is 0. The third-order valence-electron chi connectivity index (χ3n) is 4.09. The molecule has 0 aliphatic carbocycles.